The van der Waals surface area contributed by atoms with Crippen LogP contribution < -0.4 is 10.6 Å². The number of nitrogens with one attached hydrogen (secondary N) is 2. The minimum absolute atomic E-state index is 0.323. The fraction of sp³-hybridized carbons (Fsp3) is 1.00. The molecule has 0 radical (unpaired) electrons. The first-order chi connectivity index (χ1) is 5.41. The van der Waals surface area contributed by atoms with Crippen LogP contribution in [0.25, 0.3) is 0 Å². The molecule has 0 saturated carbocycles. The molecule has 1 aliphatic rings. The van der Waals surface area contributed by atoms with Crippen molar-refractivity contribution in [1.29, 1.82) is 0 Å². The smallest absolute Gasteiger partial charge is 0.0624 e. The van der Waals surface area contributed by atoms with Crippen molar-refractivity contribution in [3.8, 4) is 0 Å². The van der Waals surface area contributed by atoms with Crippen LogP contribution in [0.5, 0.6) is 0 Å². The van der Waals surface area contributed by atoms with E-state index in [4.69, 9.17) is 0 Å². The Bertz CT molecular complexity index is 146. The largest absolute Gasteiger partial charge is 0.300 e. The second-order valence-corrected chi connectivity index (χ2v) is 5.22. The summed E-state index contributed by atoms with van der Waals surface area (Å²) in [7, 11) is 0. The Hall–Kier alpha value is -0.0800. The normalized spacial score (nSPS) is 31.5. The first-order valence-electron chi connectivity index (χ1n) is 4.90. The van der Waals surface area contributed by atoms with E-state index < -0.39 is 0 Å². The topological polar surface area (TPSA) is 24.1 Å². The minimum atomic E-state index is 0.323. The van der Waals surface area contributed by atoms with Crippen molar-refractivity contribution in [1.82, 2.24) is 10.6 Å². The first-order valence-corrected chi connectivity index (χ1v) is 4.90. The Morgan fingerprint density at radius 3 is 2.08 bits per heavy atom. The van der Waals surface area contributed by atoms with E-state index in [-0.39, 0.29) is 0 Å². The summed E-state index contributed by atoms with van der Waals surface area (Å²) in [5.74, 6) is 0.727. The van der Waals surface area contributed by atoms with Gasteiger partial charge in [0, 0.05) is 12.6 Å². The number of hydrogen-bond donors (Lipinski definition) is 2. The van der Waals surface area contributed by atoms with E-state index in [2.05, 4.69) is 45.3 Å². The van der Waals surface area contributed by atoms with Gasteiger partial charge in [0.05, 0.1) is 6.17 Å². The Kier molecular flexibility index (Phi) is 2.79. The highest BCUT2D eigenvalue weighted by atomic mass is 15.2. The monoisotopic (exact) mass is 170 g/mol. The van der Waals surface area contributed by atoms with Crippen LogP contribution in [-0.2, 0) is 0 Å². The molecule has 0 aliphatic carbocycles. The van der Waals surface area contributed by atoms with Crippen molar-refractivity contribution < 1.29 is 0 Å². The average molecular weight is 170 g/mol. The highest BCUT2D eigenvalue weighted by Crippen LogP contribution is 2.21. The second-order valence-electron chi connectivity index (χ2n) is 5.22. The molecule has 2 nitrogen and oxygen atoms in total. The molecular formula is C10H22N2. The lowest BCUT2D eigenvalue weighted by molar-refractivity contribution is 0.259. The molecule has 0 aromatic carbocycles. The van der Waals surface area contributed by atoms with Crippen molar-refractivity contribution in [2.24, 2.45) is 11.3 Å². The summed E-state index contributed by atoms with van der Waals surface area (Å²) in [4.78, 5) is 0. The van der Waals surface area contributed by atoms with Crippen LogP contribution in [0, 0.1) is 11.3 Å². The fourth-order valence-electron chi connectivity index (χ4n) is 1.56. The maximum Gasteiger partial charge on any atom is 0.0624 e. The lowest BCUT2D eigenvalue weighted by atomic mass is 9.92. The Morgan fingerprint density at radius 1 is 1.25 bits per heavy atom. The Balaban J connectivity index is 2.46. The van der Waals surface area contributed by atoms with Crippen molar-refractivity contribution in [3.05, 3.63) is 0 Å². The molecule has 1 saturated heterocycles. The number of hydrogen-bond acceptors (Lipinski definition) is 2. The molecule has 2 heteroatoms. The van der Waals surface area contributed by atoms with Crippen LogP contribution in [-0.4, -0.2) is 18.8 Å². The third kappa shape index (κ3) is 2.20. The molecule has 0 bridgehead atoms. The average Bonchev–Trinajstić information content (AvgIpc) is 2.30. The zero-order valence-corrected chi connectivity index (χ0v) is 8.94. The zero-order chi connectivity index (χ0) is 9.35. The van der Waals surface area contributed by atoms with Crippen LogP contribution in [0.15, 0.2) is 0 Å². The minimum Gasteiger partial charge on any atom is -0.300 e. The van der Waals surface area contributed by atoms with E-state index >= 15 is 0 Å². The molecule has 0 aromatic heterocycles. The van der Waals surface area contributed by atoms with E-state index in [1.807, 2.05) is 0 Å². The van der Waals surface area contributed by atoms with Gasteiger partial charge in [-0.2, -0.15) is 0 Å². The van der Waals surface area contributed by atoms with Gasteiger partial charge in [-0.05, 0) is 11.3 Å². The summed E-state index contributed by atoms with van der Waals surface area (Å²) in [6, 6.07) is 0.647. The Morgan fingerprint density at radius 2 is 1.83 bits per heavy atom. The van der Waals surface area contributed by atoms with E-state index in [9.17, 15) is 0 Å². The molecule has 2 N–H and O–H groups in total. The van der Waals surface area contributed by atoms with Crippen LogP contribution in [0.4, 0.5) is 0 Å². The Labute approximate surface area is 76.1 Å². The van der Waals surface area contributed by atoms with Gasteiger partial charge in [0.2, 0.25) is 0 Å². The quantitative estimate of drug-likeness (QED) is 0.624. The van der Waals surface area contributed by atoms with Crippen molar-refractivity contribution in [2.45, 2.75) is 46.8 Å². The van der Waals surface area contributed by atoms with Crippen LogP contribution in [0.2, 0.25) is 0 Å². The lowest BCUT2D eigenvalue weighted by Gasteiger charge is -2.28. The van der Waals surface area contributed by atoms with Crippen LogP contribution in [0.1, 0.15) is 34.6 Å². The maximum atomic E-state index is 3.62. The SMILES string of the molecule is CC(C)C1CNC(C(C)(C)C)N1. The third-order valence-corrected chi connectivity index (χ3v) is 2.59. The lowest BCUT2D eigenvalue weighted by Crippen LogP contribution is -2.44. The van der Waals surface area contributed by atoms with Gasteiger partial charge < -0.3 is 0 Å². The summed E-state index contributed by atoms with van der Waals surface area (Å²) in [5.41, 5.74) is 0.323. The number of rotatable bonds is 1. The van der Waals surface area contributed by atoms with Gasteiger partial charge in [0.25, 0.3) is 0 Å². The van der Waals surface area contributed by atoms with Crippen LogP contribution in [0.3, 0.4) is 0 Å². The molecule has 0 aromatic rings. The summed E-state index contributed by atoms with van der Waals surface area (Å²) < 4.78 is 0. The van der Waals surface area contributed by atoms with Crippen molar-refractivity contribution in [3.63, 3.8) is 0 Å². The summed E-state index contributed by atoms with van der Waals surface area (Å²) in [6.45, 7) is 12.4. The molecule has 2 atom stereocenters. The van der Waals surface area contributed by atoms with Crippen molar-refractivity contribution in [2.75, 3.05) is 6.54 Å². The molecule has 0 spiro atoms. The van der Waals surface area contributed by atoms with Crippen molar-refractivity contribution >= 4 is 0 Å². The van der Waals surface area contributed by atoms with Gasteiger partial charge >= 0.3 is 0 Å². The molecule has 1 aliphatic heterocycles. The summed E-state index contributed by atoms with van der Waals surface area (Å²) >= 11 is 0. The molecule has 1 heterocycles. The standard InChI is InChI=1S/C10H22N2/c1-7(2)8-6-11-9(12-8)10(3,4)5/h7-9,11-12H,6H2,1-5H3. The van der Waals surface area contributed by atoms with Gasteiger partial charge in [-0.25, -0.2) is 0 Å². The van der Waals surface area contributed by atoms with E-state index in [1.54, 1.807) is 0 Å². The molecule has 12 heavy (non-hydrogen) atoms. The molecular weight excluding hydrogens is 148 g/mol. The fourth-order valence-corrected chi connectivity index (χ4v) is 1.56. The van der Waals surface area contributed by atoms with E-state index in [1.165, 1.54) is 0 Å². The molecule has 1 fully saturated rings. The molecule has 2 unspecified atom stereocenters. The predicted octanol–water partition coefficient (Wildman–Crippen LogP) is 1.58. The van der Waals surface area contributed by atoms with E-state index in [0.29, 0.717) is 17.6 Å². The van der Waals surface area contributed by atoms with Gasteiger partial charge in [0.15, 0.2) is 0 Å². The predicted molar refractivity (Wildman–Crippen MR) is 53.0 cm³/mol. The highest BCUT2D eigenvalue weighted by Gasteiger charge is 2.32. The zero-order valence-electron chi connectivity index (χ0n) is 8.94. The van der Waals surface area contributed by atoms with E-state index in [0.717, 1.165) is 12.5 Å². The molecule has 1 rings (SSSR count). The molecule has 72 valence electrons. The highest BCUT2D eigenvalue weighted by molar-refractivity contribution is 4.90. The summed E-state index contributed by atoms with van der Waals surface area (Å²) in [6.07, 6.45) is 0.477. The molecule has 0 amide bonds. The van der Waals surface area contributed by atoms with Gasteiger partial charge in [0.1, 0.15) is 0 Å². The van der Waals surface area contributed by atoms with Crippen LogP contribution >= 0.6 is 0 Å². The third-order valence-electron chi connectivity index (χ3n) is 2.59. The van der Waals surface area contributed by atoms with Gasteiger partial charge in [-0.15, -0.1) is 0 Å². The summed E-state index contributed by atoms with van der Waals surface area (Å²) in [5, 5.41) is 7.14. The van der Waals surface area contributed by atoms with Gasteiger partial charge in [-0.1, -0.05) is 34.6 Å². The first kappa shape index (κ1) is 10.0. The maximum absolute atomic E-state index is 3.62. The van der Waals surface area contributed by atoms with Gasteiger partial charge in [-0.3, -0.25) is 10.6 Å². The second kappa shape index (κ2) is 3.35.